The molecule has 2 heterocycles. The van der Waals surface area contributed by atoms with Gasteiger partial charge >= 0.3 is 7.12 Å². The Hall–Kier alpha value is -1.83. The lowest BCUT2D eigenvalue weighted by atomic mass is 9.67. The number of hydrogen-bond donors (Lipinski definition) is 0. The molecule has 0 radical (unpaired) electrons. The van der Waals surface area contributed by atoms with Gasteiger partial charge in [0.15, 0.2) is 0 Å². The lowest BCUT2D eigenvalue weighted by molar-refractivity contribution is 0.00578. The number of aromatic nitrogens is 2. The fourth-order valence-electron chi connectivity index (χ4n) is 3.21. The largest absolute Gasteiger partial charge is 0.498 e. The second-order valence-electron chi connectivity index (χ2n) is 7.60. The highest BCUT2D eigenvalue weighted by Gasteiger charge is 2.53. The zero-order valence-electron chi connectivity index (χ0n) is 14.0. The third-order valence-corrected chi connectivity index (χ3v) is 5.46. The molecule has 7 heteroatoms. The molecule has 1 saturated carbocycles. The standard InChI is InChI=1S/C16H21BN4O2/c1-14(2)15(3,4)23-17(22-14)13-10-20-21(11-13)16(5-6-18)7-12(8-16)9-19/h10-12H,5,7-8H2,1-4H3. The summed E-state index contributed by atoms with van der Waals surface area (Å²) >= 11 is 0. The van der Waals surface area contributed by atoms with Gasteiger partial charge < -0.3 is 9.31 Å². The summed E-state index contributed by atoms with van der Waals surface area (Å²) in [5.41, 5.74) is -0.308. The third-order valence-electron chi connectivity index (χ3n) is 5.46. The summed E-state index contributed by atoms with van der Waals surface area (Å²) in [6.45, 7) is 8.05. The van der Waals surface area contributed by atoms with E-state index in [2.05, 4.69) is 17.2 Å². The van der Waals surface area contributed by atoms with Crippen molar-refractivity contribution in [3.05, 3.63) is 12.4 Å². The zero-order chi connectivity index (χ0) is 16.9. The number of nitrogens with zero attached hydrogens (tertiary/aromatic N) is 4. The van der Waals surface area contributed by atoms with Crippen molar-refractivity contribution in [2.24, 2.45) is 5.92 Å². The highest BCUT2D eigenvalue weighted by Crippen LogP contribution is 2.45. The van der Waals surface area contributed by atoms with E-state index >= 15 is 0 Å². The normalized spacial score (nSPS) is 31.2. The van der Waals surface area contributed by atoms with Crippen LogP contribution >= 0.6 is 0 Å². The van der Waals surface area contributed by atoms with E-state index in [9.17, 15) is 0 Å². The Morgan fingerprint density at radius 1 is 1.26 bits per heavy atom. The first-order chi connectivity index (χ1) is 10.7. The van der Waals surface area contributed by atoms with Crippen LogP contribution in [0.4, 0.5) is 0 Å². The van der Waals surface area contributed by atoms with E-state index in [0.717, 1.165) is 5.46 Å². The average molecular weight is 312 g/mol. The molecule has 1 aromatic rings. The summed E-state index contributed by atoms with van der Waals surface area (Å²) in [5.74, 6) is 0.00727. The molecule has 1 aliphatic carbocycles. The summed E-state index contributed by atoms with van der Waals surface area (Å²) in [6.07, 6.45) is 5.33. The SMILES string of the molecule is CC1(C)OB(c2cnn(C3(CC#N)CC(C#N)C3)c2)OC1(C)C. The molecule has 1 saturated heterocycles. The van der Waals surface area contributed by atoms with Crippen LogP contribution in [0, 0.1) is 28.6 Å². The first kappa shape index (κ1) is 16.0. The van der Waals surface area contributed by atoms with Crippen LogP contribution in [0.2, 0.25) is 0 Å². The zero-order valence-corrected chi connectivity index (χ0v) is 14.0. The van der Waals surface area contributed by atoms with Crippen molar-refractivity contribution in [3.63, 3.8) is 0 Å². The van der Waals surface area contributed by atoms with Crippen LogP contribution in [0.15, 0.2) is 12.4 Å². The van der Waals surface area contributed by atoms with Crippen molar-refractivity contribution < 1.29 is 9.31 Å². The van der Waals surface area contributed by atoms with Crippen LogP contribution in [-0.2, 0) is 14.8 Å². The Bertz CT molecular complexity index is 676. The van der Waals surface area contributed by atoms with Crippen LogP contribution in [0.5, 0.6) is 0 Å². The van der Waals surface area contributed by atoms with E-state index in [1.54, 1.807) is 6.20 Å². The fourth-order valence-corrected chi connectivity index (χ4v) is 3.21. The van der Waals surface area contributed by atoms with Gasteiger partial charge in [-0.25, -0.2) is 0 Å². The summed E-state index contributed by atoms with van der Waals surface area (Å²) in [6, 6.07) is 4.49. The molecule has 0 bridgehead atoms. The molecular formula is C16H21BN4O2. The summed E-state index contributed by atoms with van der Waals surface area (Å²) < 4.78 is 13.9. The molecule has 0 atom stereocenters. The molecule has 0 amide bonds. The Morgan fingerprint density at radius 3 is 2.39 bits per heavy atom. The smallest absolute Gasteiger partial charge is 0.399 e. The Labute approximate surface area is 137 Å². The molecule has 0 unspecified atom stereocenters. The van der Waals surface area contributed by atoms with E-state index in [1.807, 2.05) is 38.6 Å². The Morgan fingerprint density at radius 2 is 1.87 bits per heavy atom. The van der Waals surface area contributed by atoms with Gasteiger partial charge in [0.25, 0.3) is 0 Å². The fraction of sp³-hybridized carbons (Fsp3) is 0.688. The van der Waals surface area contributed by atoms with Crippen molar-refractivity contribution in [1.82, 2.24) is 9.78 Å². The van der Waals surface area contributed by atoms with Crippen molar-refractivity contribution in [3.8, 4) is 12.1 Å². The van der Waals surface area contributed by atoms with Gasteiger partial charge in [0.05, 0.1) is 41.2 Å². The average Bonchev–Trinajstić information content (AvgIpc) is 2.97. The third kappa shape index (κ3) is 2.45. The van der Waals surface area contributed by atoms with E-state index < -0.39 is 18.3 Å². The van der Waals surface area contributed by atoms with Gasteiger partial charge in [0.2, 0.25) is 0 Å². The van der Waals surface area contributed by atoms with Crippen LogP contribution in [-0.4, -0.2) is 28.1 Å². The molecule has 2 aliphatic rings. The van der Waals surface area contributed by atoms with Crippen molar-refractivity contribution in [2.75, 3.05) is 0 Å². The van der Waals surface area contributed by atoms with Crippen LogP contribution < -0.4 is 5.46 Å². The van der Waals surface area contributed by atoms with Crippen LogP contribution in [0.25, 0.3) is 0 Å². The monoisotopic (exact) mass is 312 g/mol. The Kier molecular flexibility index (Phi) is 3.55. The predicted octanol–water partition coefficient (Wildman–Crippen LogP) is 1.72. The number of hydrogen-bond acceptors (Lipinski definition) is 5. The maximum atomic E-state index is 9.12. The van der Waals surface area contributed by atoms with Crippen molar-refractivity contribution in [1.29, 1.82) is 10.5 Å². The lowest BCUT2D eigenvalue weighted by Crippen LogP contribution is -2.46. The predicted molar refractivity (Wildman–Crippen MR) is 84.5 cm³/mol. The molecule has 0 spiro atoms. The number of nitriles is 2. The second kappa shape index (κ2) is 5.09. The maximum absolute atomic E-state index is 9.12. The minimum absolute atomic E-state index is 0.00727. The molecule has 6 nitrogen and oxygen atoms in total. The molecular weight excluding hydrogens is 291 g/mol. The maximum Gasteiger partial charge on any atom is 0.498 e. The van der Waals surface area contributed by atoms with Gasteiger partial charge in [-0.2, -0.15) is 15.6 Å². The minimum atomic E-state index is -0.459. The molecule has 1 aromatic heterocycles. The van der Waals surface area contributed by atoms with Gasteiger partial charge in [-0.05, 0) is 40.5 Å². The highest BCUT2D eigenvalue weighted by molar-refractivity contribution is 6.62. The topological polar surface area (TPSA) is 83.9 Å². The molecule has 23 heavy (non-hydrogen) atoms. The van der Waals surface area contributed by atoms with E-state index in [1.165, 1.54) is 0 Å². The summed E-state index contributed by atoms with van der Waals surface area (Å²) in [5, 5.41) is 22.6. The quantitative estimate of drug-likeness (QED) is 0.794. The van der Waals surface area contributed by atoms with Gasteiger partial charge in [0.1, 0.15) is 0 Å². The second-order valence-corrected chi connectivity index (χ2v) is 7.60. The van der Waals surface area contributed by atoms with E-state index in [0.29, 0.717) is 19.3 Å². The van der Waals surface area contributed by atoms with Gasteiger partial charge in [-0.3, -0.25) is 4.68 Å². The van der Waals surface area contributed by atoms with E-state index in [-0.39, 0.29) is 11.5 Å². The molecule has 120 valence electrons. The molecule has 0 aromatic carbocycles. The lowest BCUT2D eigenvalue weighted by Gasteiger charge is -2.43. The Balaban J connectivity index is 1.82. The van der Waals surface area contributed by atoms with Gasteiger partial charge in [0, 0.05) is 17.9 Å². The highest BCUT2D eigenvalue weighted by atomic mass is 16.7. The number of rotatable bonds is 3. The van der Waals surface area contributed by atoms with Crippen molar-refractivity contribution in [2.45, 2.75) is 63.7 Å². The first-order valence-electron chi connectivity index (χ1n) is 7.90. The molecule has 0 N–H and O–H groups in total. The van der Waals surface area contributed by atoms with E-state index in [4.69, 9.17) is 19.8 Å². The molecule has 2 fully saturated rings. The van der Waals surface area contributed by atoms with Crippen molar-refractivity contribution >= 4 is 12.6 Å². The summed E-state index contributed by atoms with van der Waals surface area (Å²) in [7, 11) is -0.459. The first-order valence-corrected chi connectivity index (χ1v) is 7.90. The van der Waals surface area contributed by atoms with Crippen LogP contribution in [0.3, 0.4) is 0 Å². The van der Waals surface area contributed by atoms with Gasteiger partial charge in [-0.15, -0.1) is 0 Å². The minimum Gasteiger partial charge on any atom is -0.399 e. The molecule has 1 aliphatic heterocycles. The van der Waals surface area contributed by atoms with Gasteiger partial charge in [-0.1, -0.05) is 0 Å². The van der Waals surface area contributed by atoms with Crippen LogP contribution in [0.1, 0.15) is 47.0 Å². The summed E-state index contributed by atoms with van der Waals surface area (Å²) in [4.78, 5) is 0. The molecule has 3 rings (SSSR count).